The van der Waals surface area contributed by atoms with Crippen molar-refractivity contribution in [1.82, 2.24) is 14.6 Å². The van der Waals surface area contributed by atoms with E-state index in [4.69, 9.17) is 9.47 Å². The van der Waals surface area contributed by atoms with Crippen LogP contribution in [0.25, 0.3) is 11.0 Å². The fraction of sp³-hybridized carbons (Fsp3) is 0.150. The first-order chi connectivity index (χ1) is 13.2. The third kappa shape index (κ3) is 2.86. The second-order valence-corrected chi connectivity index (χ2v) is 7.36. The third-order valence-electron chi connectivity index (χ3n) is 4.37. The van der Waals surface area contributed by atoms with Crippen LogP contribution in [0.5, 0.6) is 11.5 Å². The highest BCUT2D eigenvalue weighted by atomic mass is 32.1. The van der Waals surface area contributed by atoms with Gasteiger partial charge in [-0.1, -0.05) is 53.3 Å². The standard InChI is InChI=1S/C20H15N3O3S/c1-12-6-8-13(9-7-12)10-17-19(24)23-20(27-17)21-18(22-23)16-11-25-14-4-2-3-5-15(14)26-16/h2-10,16H,11H2,1H3/b17-10+. The number of aromatic nitrogens is 3. The molecular formula is C20H15N3O3S. The van der Waals surface area contributed by atoms with Gasteiger partial charge in [-0.25, -0.2) is 0 Å². The molecule has 3 heterocycles. The molecule has 7 heteroatoms. The van der Waals surface area contributed by atoms with Crippen molar-refractivity contribution in [1.29, 1.82) is 0 Å². The van der Waals surface area contributed by atoms with Crippen LogP contribution in [0.4, 0.5) is 0 Å². The number of fused-ring (bicyclic) bond motifs is 2. The molecule has 1 aliphatic heterocycles. The first-order valence-electron chi connectivity index (χ1n) is 8.54. The Hall–Kier alpha value is -3.19. The predicted molar refractivity (Wildman–Crippen MR) is 102 cm³/mol. The molecular weight excluding hydrogens is 362 g/mol. The topological polar surface area (TPSA) is 65.7 Å². The van der Waals surface area contributed by atoms with Gasteiger partial charge < -0.3 is 9.47 Å². The fourth-order valence-corrected chi connectivity index (χ4v) is 3.86. The summed E-state index contributed by atoms with van der Waals surface area (Å²) in [6.45, 7) is 2.34. The summed E-state index contributed by atoms with van der Waals surface area (Å²) in [6.07, 6.45) is 1.43. The second-order valence-electron chi connectivity index (χ2n) is 6.36. The Balaban J connectivity index is 1.49. The van der Waals surface area contributed by atoms with Crippen molar-refractivity contribution < 1.29 is 9.47 Å². The van der Waals surface area contributed by atoms with Crippen LogP contribution in [-0.2, 0) is 0 Å². The lowest BCUT2D eigenvalue weighted by atomic mass is 10.1. The van der Waals surface area contributed by atoms with E-state index in [-0.39, 0.29) is 5.56 Å². The molecule has 4 aromatic rings. The smallest absolute Gasteiger partial charge is 0.291 e. The van der Waals surface area contributed by atoms with E-state index < -0.39 is 6.10 Å². The normalized spacial score (nSPS) is 16.8. The average molecular weight is 377 g/mol. The van der Waals surface area contributed by atoms with Gasteiger partial charge in [0.05, 0.1) is 4.53 Å². The Bertz CT molecular complexity index is 1240. The van der Waals surface area contributed by atoms with Crippen LogP contribution in [0, 0.1) is 6.92 Å². The van der Waals surface area contributed by atoms with Crippen molar-refractivity contribution in [3.8, 4) is 11.5 Å². The minimum absolute atomic E-state index is 0.175. The first kappa shape index (κ1) is 16.0. The van der Waals surface area contributed by atoms with Gasteiger partial charge in [0, 0.05) is 0 Å². The highest BCUT2D eigenvalue weighted by Crippen LogP contribution is 2.35. The summed E-state index contributed by atoms with van der Waals surface area (Å²) in [5.41, 5.74) is 1.98. The minimum Gasteiger partial charge on any atom is -0.485 e. The highest BCUT2D eigenvalue weighted by molar-refractivity contribution is 7.15. The fourth-order valence-electron chi connectivity index (χ4n) is 2.95. The van der Waals surface area contributed by atoms with Gasteiger partial charge in [0.25, 0.3) is 5.56 Å². The summed E-state index contributed by atoms with van der Waals surface area (Å²) in [5, 5.41) is 4.36. The minimum atomic E-state index is -0.434. The molecule has 0 saturated heterocycles. The van der Waals surface area contributed by atoms with E-state index in [2.05, 4.69) is 10.1 Å². The maximum Gasteiger partial charge on any atom is 0.291 e. The van der Waals surface area contributed by atoms with Crippen LogP contribution in [0.2, 0.25) is 0 Å². The van der Waals surface area contributed by atoms with E-state index in [0.29, 0.717) is 33.4 Å². The maximum absolute atomic E-state index is 12.7. The molecule has 0 amide bonds. The molecule has 0 spiro atoms. The molecule has 0 N–H and O–H groups in total. The summed E-state index contributed by atoms with van der Waals surface area (Å²) in [5.74, 6) is 1.81. The number of hydrogen-bond donors (Lipinski definition) is 0. The summed E-state index contributed by atoms with van der Waals surface area (Å²) in [6, 6.07) is 15.5. The predicted octanol–water partition coefficient (Wildman–Crippen LogP) is 2.52. The van der Waals surface area contributed by atoms with Crippen molar-refractivity contribution in [2.45, 2.75) is 13.0 Å². The zero-order chi connectivity index (χ0) is 18.4. The van der Waals surface area contributed by atoms with Gasteiger partial charge in [0.2, 0.25) is 4.96 Å². The largest absolute Gasteiger partial charge is 0.485 e. The van der Waals surface area contributed by atoms with Gasteiger partial charge in [-0.15, -0.1) is 5.10 Å². The number of nitrogens with zero attached hydrogens (tertiary/aromatic N) is 3. The molecule has 27 heavy (non-hydrogen) atoms. The van der Waals surface area contributed by atoms with Crippen LogP contribution >= 0.6 is 11.3 Å². The SMILES string of the molecule is Cc1ccc(/C=c2/sc3nc(C4COc5ccccc5O4)nn3c2=O)cc1. The lowest BCUT2D eigenvalue weighted by Crippen LogP contribution is -2.26. The Labute approximate surface area is 158 Å². The van der Waals surface area contributed by atoms with Gasteiger partial charge >= 0.3 is 0 Å². The van der Waals surface area contributed by atoms with Crippen LogP contribution in [0.3, 0.4) is 0 Å². The van der Waals surface area contributed by atoms with E-state index >= 15 is 0 Å². The van der Waals surface area contributed by atoms with Crippen molar-refractivity contribution in [2.75, 3.05) is 6.61 Å². The van der Waals surface area contributed by atoms with Gasteiger partial charge in [0.1, 0.15) is 6.61 Å². The van der Waals surface area contributed by atoms with Crippen molar-refractivity contribution in [2.24, 2.45) is 0 Å². The third-order valence-corrected chi connectivity index (χ3v) is 5.33. The van der Waals surface area contributed by atoms with E-state index in [0.717, 1.165) is 5.56 Å². The zero-order valence-electron chi connectivity index (χ0n) is 14.5. The number of hydrogen-bond acceptors (Lipinski definition) is 6. The molecule has 0 bridgehead atoms. The summed E-state index contributed by atoms with van der Waals surface area (Å²) < 4.78 is 13.6. The molecule has 0 aliphatic carbocycles. The van der Waals surface area contributed by atoms with Crippen molar-refractivity contribution in [3.05, 3.63) is 80.4 Å². The van der Waals surface area contributed by atoms with Gasteiger partial charge in [0.15, 0.2) is 23.4 Å². The number of benzene rings is 2. The molecule has 134 valence electrons. The molecule has 2 aromatic carbocycles. The molecule has 1 atom stereocenters. The average Bonchev–Trinajstić information content (AvgIpc) is 3.23. The molecule has 5 rings (SSSR count). The zero-order valence-corrected chi connectivity index (χ0v) is 15.3. The summed E-state index contributed by atoms with van der Waals surface area (Å²) in [7, 11) is 0. The Morgan fingerprint density at radius 1 is 1.15 bits per heavy atom. The summed E-state index contributed by atoms with van der Waals surface area (Å²) in [4.78, 5) is 17.7. The Morgan fingerprint density at radius 2 is 1.93 bits per heavy atom. The molecule has 1 unspecified atom stereocenters. The van der Waals surface area contributed by atoms with Crippen LogP contribution in [0.15, 0.2) is 53.3 Å². The van der Waals surface area contributed by atoms with Crippen molar-refractivity contribution in [3.63, 3.8) is 0 Å². The number of ether oxygens (including phenoxy) is 2. The number of thiazole rings is 1. The summed E-state index contributed by atoms with van der Waals surface area (Å²) >= 11 is 1.32. The van der Waals surface area contributed by atoms with Crippen LogP contribution in [-0.4, -0.2) is 21.2 Å². The monoisotopic (exact) mass is 377 g/mol. The molecule has 6 nitrogen and oxygen atoms in total. The Kier molecular flexibility index (Phi) is 3.68. The Morgan fingerprint density at radius 3 is 2.70 bits per heavy atom. The number of para-hydroxylation sites is 2. The molecule has 0 saturated carbocycles. The highest BCUT2D eigenvalue weighted by Gasteiger charge is 2.26. The molecule has 0 fully saturated rings. The lowest BCUT2D eigenvalue weighted by molar-refractivity contribution is 0.0852. The molecule has 0 radical (unpaired) electrons. The number of aryl methyl sites for hydroxylation is 1. The molecule has 2 aromatic heterocycles. The van der Waals surface area contributed by atoms with E-state index in [1.165, 1.54) is 21.4 Å². The lowest BCUT2D eigenvalue weighted by Gasteiger charge is -2.24. The van der Waals surface area contributed by atoms with Crippen LogP contribution in [0.1, 0.15) is 23.1 Å². The first-order valence-corrected chi connectivity index (χ1v) is 9.35. The van der Waals surface area contributed by atoms with Crippen molar-refractivity contribution >= 4 is 22.4 Å². The molecule has 1 aliphatic rings. The van der Waals surface area contributed by atoms with Gasteiger partial charge in [-0.3, -0.25) is 4.79 Å². The van der Waals surface area contributed by atoms with Gasteiger partial charge in [-0.2, -0.15) is 9.50 Å². The van der Waals surface area contributed by atoms with E-state index in [9.17, 15) is 4.79 Å². The second kappa shape index (κ2) is 6.21. The number of rotatable bonds is 2. The quantitative estimate of drug-likeness (QED) is 0.537. The van der Waals surface area contributed by atoms with Gasteiger partial charge in [-0.05, 0) is 30.7 Å². The maximum atomic E-state index is 12.7. The van der Waals surface area contributed by atoms with E-state index in [1.807, 2.05) is 61.5 Å². The van der Waals surface area contributed by atoms with E-state index in [1.54, 1.807) is 0 Å². The van der Waals surface area contributed by atoms with Crippen LogP contribution < -0.4 is 19.6 Å².